The average Bonchev–Trinajstić information content (AvgIpc) is 2.67. The van der Waals surface area contributed by atoms with Crippen molar-refractivity contribution < 1.29 is 13.9 Å². The molecule has 3 rings (SSSR count). The smallest absolute Gasteiger partial charge is 0.319 e. The highest BCUT2D eigenvalue weighted by Crippen LogP contribution is 2.19. The Morgan fingerprint density at radius 3 is 2.71 bits per heavy atom. The van der Waals surface area contributed by atoms with Crippen molar-refractivity contribution in [2.24, 2.45) is 0 Å². The van der Waals surface area contributed by atoms with E-state index >= 15 is 0 Å². The van der Waals surface area contributed by atoms with Gasteiger partial charge in [-0.1, -0.05) is 6.07 Å². The summed E-state index contributed by atoms with van der Waals surface area (Å²) in [6.45, 7) is 5.93. The largest absolute Gasteiger partial charge is 0.372 e. The van der Waals surface area contributed by atoms with Crippen molar-refractivity contribution in [2.45, 2.75) is 32.6 Å². The summed E-state index contributed by atoms with van der Waals surface area (Å²) in [6.07, 6.45) is 2.03. The molecule has 0 spiro atoms. The third-order valence-electron chi connectivity index (χ3n) is 4.36. The second-order valence-electron chi connectivity index (χ2n) is 6.80. The van der Waals surface area contributed by atoms with Crippen LogP contribution in [0.5, 0.6) is 0 Å². The van der Waals surface area contributed by atoms with E-state index in [0.717, 1.165) is 30.5 Å². The molecule has 1 aliphatic rings. The molecule has 8 heteroatoms. The van der Waals surface area contributed by atoms with E-state index < -0.39 is 11.8 Å². The molecule has 1 aromatic heterocycles. The number of carbonyl (C=O) groups is 1. The number of nitriles is 1. The molecule has 2 N–H and O–H groups in total. The number of rotatable bonds is 4. The summed E-state index contributed by atoms with van der Waals surface area (Å²) in [4.78, 5) is 18.7. The van der Waals surface area contributed by atoms with Crippen molar-refractivity contribution in [1.82, 2.24) is 10.3 Å². The van der Waals surface area contributed by atoms with Crippen LogP contribution in [0.15, 0.2) is 36.5 Å². The monoisotopic (exact) mass is 383 g/mol. The molecular weight excluding hydrogens is 361 g/mol. The number of urea groups is 1. The number of ether oxygens (including phenoxy) is 1. The van der Waals surface area contributed by atoms with E-state index in [4.69, 9.17) is 10.00 Å². The van der Waals surface area contributed by atoms with Crippen molar-refractivity contribution in [1.29, 1.82) is 5.26 Å². The number of anilines is 2. The third-order valence-corrected chi connectivity index (χ3v) is 4.36. The lowest BCUT2D eigenvalue weighted by Crippen LogP contribution is -2.45. The van der Waals surface area contributed by atoms with Gasteiger partial charge < -0.3 is 20.3 Å². The number of hydrogen-bond donors (Lipinski definition) is 2. The van der Waals surface area contributed by atoms with Crippen molar-refractivity contribution >= 4 is 17.5 Å². The van der Waals surface area contributed by atoms with Gasteiger partial charge in [0.05, 0.1) is 23.5 Å². The molecule has 0 bridgehead atoms. The summed E-state index contributed by atoms with van der Waals surface area (Å²) in [5.41, 5.74) is 1.16. The molecule has 1 fully saturated rings. The number of morpholine rings is 1. The molecule has 2 heterocycles. The van der Waals surface area contributed by atoms with Gasteiger partial charge in [0.15, 0.2) is 0 Å². The maximum atomic E-state index is 13.2. The first-order valence-corrected chi connectivity index (χ1v) is 9.04. The predicted molar refractivity (Wildman–Crippen MR) is 103 cm³/mol. The number of pyridine rings is 1. The van der Waals surface area contributed by atoms with Gasteiger partial charge in [0.25, 0.3) is 0 Å². The zero-order valence-electron chi connectivity index (χ0n) is 15.8. The topological polar surface area (TPSA) is 90.3 Å². The van der Waals surface area contributed by atoms with E-state index in [1.165, 1.54) is 12.1 Å². The molecule has 2 amide bonds. The molecule has 146 valence electrons. The summed E-state index contributed by atoms with van der Waals surface area (Å²) < 4.78 is 18.9. The average molecular weight is 383 g/mol. The van der Waals surface area contributed by atoms with Gasteiger partial charge in [-0.25, -0.2) is 14.2 Å². The summed E-state index contributed by atoms with van der Waals surface area (Å²) in [7, 11) is 0. The second-order valence-corrected chi connectivity index (χ2v) is 6.80. The first-order chi connectivity index (χ1) is 13.4. The fraction of sp³-hybridized carbons (Fsp3) is 0.350. The van der Waals surface area contributed by atoms with E-state index in [2.05, 4.69) is 20.5 Å². The van der Waals surface area contributed by atoms with Gasteiger partial charge >= 0.3 is 6.03 Å². The molecular formula is C20H22FN5O2. The van der Waals surface area contributed by atoms with Crippen LogP contribution in [0.25, 0.3) is 0 Å². The van der Waals surface area contributed by atoms with Crippen LogP contribution in [0.3, 0.4) is 0 Å². The maximum Gasteiger partial charge on any atom is 0.319 e. The lowest BCUT2D eigenvalue weighted by atomic mass is 10.2. The standard InChI is InChI=1S/C20H22FN5O2/c1-13-11-26(12-14(2)28-13)19-6-3-15(9-23-19)10-24-20(27)25-18-5-4-17(21)7-16(18)8-22/h3-7,9,13-14H,10-12H2,1-2H3,(H2,24,25,27). The SMILES string of the molecule is CC1CN(c2ccc(CNC(=O)Nc3ccc(F)cc3C#N)cn2)CC(C)O1. The maximum absolute atomic E-state index is 13.2. The molecule has 0 radical (unpaired) electrons. The Balaban J connectivity index is 1.55. The van der Waals surface area contributed by atoms with Gasteiger partial charge in [-0.05, 0) is 43.7 Å². The van der Waals surface area contributed by atoms with Crippen LogP contribution < -0.4 is 15.5 Å². The first kappa shape index (κ1) is 19.6. The lowest BCUT2D eigenvalue weighted by molar-refractivity contribution is -0.00546. The molecule has 7 nitrogen and oxygen atoms in total. The van der Waals surface area contributed by atoms with Crippen molar-refractivity contribution in [3.05, 3.63) is 53.5 Å². The van der Waals surface area contributed by atoms with Crippen molar-refractivity contribution in [2.75, 3.05) is 23.3 Å². The molecule has 1 aromatic carbocycles. The Kier molecular flexibility index (Phi) is 6.06. The highest BCUT2D eigenvalue weighted by atomic mass is 19.1. The van der Waals surface area contributed by atoms with Gasteiger partial charge in [0, 0.05) is 25.8 Å². The molecule has 0 aliphatic carbocycles. The van der Waals surface area contributed by atoms with Crippen molar-refractivity contribution in [3.63, 3.8) is 0 Å². The fourth-order valence-corrected chi connectivity index (χ4v) is 3.14. The Hall–Kier alpha value is -3.18. The number of halogens is 1. The summed E-state index contributed by atoms with van der Waals surface area (Å²) >= 11 is 0. The minimum absolute atomic E-state index is 0.0649. The lowest BCUT2D eigenvalue weighted by Gasteiger charge is -2.36. The zero-order valence-corrected chi connectivity index (χ0v) is 15.8. The Morgan fingerprint density at radius 1 is 1.32 bits per heavy atom. The molecule has 2 atom stereocenters. The summed E-state index contributed by atoms with van der Waals surface area (Å²) in [5.74, 6) is 0.345. The summed E-state index contributed by atoms with van der Waals surface area (Å²) in [5, 5.41) is 14.3. The zero-order chi connectivity index (χ0) is 20.1. The number of carbonyl (C=O) groups excluding carboxylic acids is 1. The first-order valence-electron chi connectivity index (χ1n) is 9.04. The fourth-order valence-electron chi connectivity index (χ4n) is 3.14. The van der Waals surface area contributed by atoms with Crippen LogP contribution in [0.4, 0.5) is 20.7 Å². The molecule has 1 saturated heterocycles. The quantitative estimate of drug-likeness (QED) is 0.847. The van der Waals surface area contributed by atoms with Crippen LogP contribution in [-0.4, -0.2) is 36.3 Å². The predicted octanol–water partition coefficient (Wildman–Crippen LogP) is 3.03. The van der Waals surface area contributed by atoms with E-state index in [9.17, 15) is 9.18 Å². The Morgan fingerprint density at radius 2 is 2.07 bits per heavy atom. The normalized spacial score (nSPS) is 19.0. The minimum Gasteiger partial charge on any atom is -0.372 e. The molecule has 0 saturated carbocycles. The van der Waals surface area contributed by atoms with Gasteiger partial charge in [0.2, 0.25) is 0 Å². The molecule has 2 aromatic rings. The number of amides is 2. The number of nitrogens with one attached hydrogen (secondary N) is 2. The van der Waals surface area contributed by atoms with Crippen LogP contribution in [0.1, 0.15) is 25.0 Å². The minimum atomic E-state index is -0.530. The highest BCUT2D eigenvalue weighted by molar-refractivity contribution is 5.90. The number of nitrogens with zero attached hydrogens (tertiary/aromatic N) is 3. The summed E-state index contributed by atoms with van der Waals surface area (Å²) in [6, 6.07) is 8.82. The Bertz CT molecular complexity index is 871. The van der Waals surface area contributed by atoms with E-state index in [-0.39, 0.29) is 30.0 Å². The van der Waals surface area contributed by atoms with Crippen molar-refractivity contribution in [3.8, 4) is 6.07 Å². The van der Waals surface area contributed by atoms with Crippen LogP contribution >= 0.6 is 0 Å². The number of aromatic nitrogens is 1. The molecule has 1 aliphatic heterocycles. The van der Waals surface area contributed by atoms with Gasteiger partial charge in [-0.15, -0.1) is 0 Å². The van der Waals surface area contributed by atoms with Crippen LogP contribution in [-0.2, 0) is 11.3 Å². The third kappa shape index (κ3) is 4.96. The van der Waals surface area contributed by atoms with E-state index in [0.29, 0.717) is 0 Å². The van der Waals surface area contributed by atoms with Crippen LogP contribution in [0, 0.1) is 17.1 Å². The molecule has 28 heavy (non-hydrogen) atoms. The van der Waals surface area contributed by atoms with Gasteiger partial charge in [-0.3, -0.25) is 0 Å². The Labute approximate surface area is 163 Å². The number of benzene rings is 1. The van der Waals surface area contributed by atoms with E-state index in [1.54, 1.807) is 6.20 Å². The van der Waals surface area contributed by atoms with E-state index in [1.807, 2.05) is 32.0 Å². The molecule has 2 unspecified atom stereocenters. The van der Waals surface area contributed by atoms with Gasteiger partial charge in [-0.2, -0.15) is 5.26 Å². The van der Waals surface area contributed by atoms with Crippen LogP contribution in [0.2, 0.25) is 0 Å². The second kappa shape index (κ2) is 8.67. The van der Waals surface area contributed by atoms with Gasteiger partial charge in [0.1, 0.15) is 17.7 Å². The highest BCUT2D eigenvalue weighted by Gasteiger charge is 2.22. The number of hydrogen-bond acceptors (Lipinski definition) is 5.